The Hall–Kier alpha value is -3.51. The Morgan fingerprint density at radius 2 is 1.74 bits per heavy atom. The first-order chi connectivity index (χ1) is 18.7. The molecule has 0 aliphatic carbocycles. The summed E-state index contributed by atoms with van der Waals surface area (Å²) in [6, 6.07) is 19.1. The van der Waals surface area contributed by atoms with Gasteiger partial charge in [-0.1, -0.05) is 41.6 Å². The van der Waals surface area contributed by atoms with Gasteiger partial charge in [0, 0.05) is 18.8 Å². The van der Waals surface area contributed by atoms with Gasteiger partial charge in [0.2, 0.25) is 15.9 Å². The molecular formula is C28H28N4O5S2. The summed E-state index contributed by atoms with van der Waals surface area (Å²) in [7, 11) is -3.62. The van der Waals surface area contributed by atoms with E-state index in [1.54, 1.807) is 34.9 Å². The summed E-state index contributed by atoms with van der Waals surface area (Å²) in [5.74, 6) is -0.304. The zero-order valence-corrected chi connectivity index (χ0v) is 23.2. The van der Waals surface area contributed by atoms with Crippen molar-refractivity contribution in [2.45, 2.75) is 23.9 Å². The molecule has 4 aromatic rings. The van der Waals surface area contributed by atoms with Crippen LogP contribution in [0, 0.1) is 13.8 Å². The first-order valence-corrected chi connectivity index (χ1v) is 14.9. The molecule has 0 unspecified atom stereocenters. The van der Waals surface area contributed by atoms with Gasteiger partial charge in [-0.05, 0) is 61.9 Å². The summed E-state index contributed by atoms with van der Waals surface area (Å²) in [6.45, 7) is 5.29. The minimum Gasteiger partial charge on any atom is -0.379 e. The molecule has 1 aliphatic rings. The van der Waals surface area contributed by atoms with Crippen LogP contribution < -0.4 is 10.9 Å². The van der Waals surface area contributed by atoms with Crippen molar-refractivity contribution in [1.29, 1.82) is 0 Å². The Morgan fingerprint density at radius 1 is 1.03 bits per heavy atom. The molecular weight excluding hydrogens is 536 g/mol. The van der Waals surface area contributed by atoms with Gasteiger partial charge in [-0.2, -0.15) is 4.31 Å². The molecule has 1 amide bonds. The van der Waals surface area contributed by atoms with Gasteiger partial charge in [-0.15, -0.1) is 0 Å². The standard InChI is InChI=1S/C28H28N4O5S2/c1-19-7-12-25(20(2)17-19)32-27(34)23-5-3-4-6-24(23)30-28(32)38-18-26(33)29-21-8-10-22(11-9-21)39(35,36)31-13-15-37-16-14-31/h3-12,17H,13-16,18H2,1-2H3,(H,29,33). The summed E-state index contributed by atoms with van der Waals surface area (Å²) < 4.78 is 33.9. The number of rotatable bonds is 7. The maximum Gasteiger partial charge on any atom is 0.266 e. The Labute approximate surface area is 230 Å². The molecule has 2 heterocycles. The number of hydrogen-bond donors (Lipinski definition) is 1. The number of carbonyl (C=O) groups is 1. The van der Waals surface area contributed by atoms with Crippen LogP contribution in [0.3, 0.4) is 0 Å². The highest BCUT2D eigenvalue weighted by Gasteiger charge is 2.26. The number of aromatic nitrogens is 2. The lowest BCUT2D eigenvalue weighted by atomic mass is 10.1. The van der Waals surface area contributed by atoms with Crippen LogP contribution in [0.1, 0.15) is 11.1 Å². The highest BCUT2D eigenvalue weighted by atomic mass is 32.2. The largest absolute Gasteiger partial charge is 0.379 e. The summed E-state index contributed by atoms with van der Waals surface area (Å²) in [5, 5.41) is 3.71. The normalized spacial score (nSPS) is 14.4. The lowest BCUT2D eigenvalue weighted by Crippen LogP contribution is -2.40. The predicted molar refractivity (Wildman–Crippen MR) is 152 cm³/mol. The maximum absolute atomic E-state index is 13.5. The molecule has 9 nitrogen and oxygen atoms in total. The van der Waals surface area contributed by atoms with Crippen LogP contribution in [-0.2, 0) is 19.6 Å². The second-order valence-corrected chi connectivity index (χ2v) is 12.1. The molecule has 1 saturated heterocycles. The van der Waals surface area contributed by atoms with Crippen molar-refractivity contribution in [3.63, 3.8) is 0 Å². The van der Waals surface area contributed by atoms with Crippen molar-refractivity contribution in [2.75, 3.05) is 37.4 Å². The number of ether oxygens (including phenoxy) is 1. The molecule has 1 N–H and O–H groups in total. The van der Waals surface area contributed by atoms with Crippen LogP contribution in [-0.4, -0.2) is 60.2 Å². The van der Waals surface area contributed by atoms with Gasteiger partial charge in [0.1, 0.15) is 0 Å². The highest BCUT2D eigenvalue weighted by molar-refractivity contribution is 7.99. The van der Waals surface area contributed by atoms with Crippen LogP contribution >= 0.6 is 11.8 Å². The molecule has 1 aromatic heterocycles. The van der Waals surface area contributed by atoms with E-state index in [4.69, 9.17) is 9.72 Å². The molecule has 0 radical (unpaired) electrons. The fourth-order valence-electron chi connectivity index (χ4n) is 4.45. The van der Waals surface area contributed by atoms with Crippen molar-refractivity contribution in [3.05, 3.63) is 88.2 Å². The second kappa shape index (κ2) is 11.3. The van der Waals surface area contributed by atoms with Crippen molar-refractivity contribution >= 4 is 44.3 Å². The SMILES string of the molecule is Cc1ccc(-n2c(SCC(=O)Nc3ccc(S(=O)(=O)N4CCOCC4)cc3)nc3ccccc3c2=O)c(C)c1. The molecule has 0 spiro atoms. The molecule has 0 saturated carbocycles. The minimum absolute atomic E-state index is 0.00349. The third kappa shape index (κ3) is 5.76. The first-order valence-electron chi connectivity index (χ1n) is 12.4. The number of thioether (sulfide) groups is 1. The van der Waals surface area contributed by atoms with E-state index < -0.39 is 10.0 Å². The van der Waals surface area contributed by atoms with Gasteiger partial charge < -0.3 is 10.1 Å². The number of anilines is 1. The topological polar surface area (TPSA) is 111 Å². The van der Waals surface area contributed by atoms with Crippen molar-refractivity contribution in [2.24, 2.45) is 0 Å². The minimum atomic E-state index is -3.62. The Kier molecular flexibility index (Phi) is 7.85. The van der Waals surface area contributed by atoms with E-state index in [1.165, 1.54) is 16.4 Å². The monoisotopic (exact) mass is 564 g/mol. The lowest BCUT2D eigenvalue weighted by Gasteiger charge is -2.26. The van der Waals surface area contributed by atoms with Gasteiger partial charge in [0.25, 0.3) is 5.56 Å². The molecule has 202 valence electrons. The molecule has 1 fully saturated rings. The van der Waals surface area contributed by atoms with E-state index in [0.717, 1.165) is 22.9 Å². The quantitative estimate of drug-likeness (QED) is 0.269. The van der Waals surface area contributed by atoms with Gasteiger partial charge in [0.05, 0.1) is 40.5 Å². The molecule has 0 bridgehead atoms. The van der Waals surface area contributed by atoms with E-state index in [9.17, 15) is 18.0 Å². The van der Waals surface area contributed by atoms with E-state index in [1.807, 2.05) is 38.1 Å². The lowest BCUT2D eigenvalue weighted by molar-refractivity contribution is -0.113. The third-order valence-electron chi connectivity index (χ3n) is 6.42. The first kappa shape index (κ1) is 27.1. The van der Waals surface area contributed by atoms with Crippen molar-refractivity contribution < 1.29 is 17.9 Å². The van der Waals surface area contributed by atoms with E-state index >= 15 is 0 Å². The number of aryl methyl sites for hydroxylation is 2. The highest BCUT2D eigenvalue weighted by Crippen LogP contribution is 2.25. The molecule has 1 aliphatic heterocycles. The zero-order chi connectivity index (χ0) is 27.6. The van der Waals surface area contributed by atoms with Crippen LogP contribution in [0.4, 0.5) is 5.69 Å². The van der Waals surface area contributed by atoms with Gasteiger partial charge in [0.15, 0.2) is 5.16 Å². The number of nitrogens with one attached hydrogen (secondary N) is 1. The number of amides is 1. The number of sulfonamides is 1. The average Bonchev–Trinajstić information content (AvgIpc) is 2.93. The van der Waals surface area contributed by atoms with Crippen molar-refractivity contribution in [3.8, 4) is 5.69 Å². The van der Waals surface area contributed by atoms with Crippen LogP contribution in [0.25, 0.3) is 16.6 Å². The van der Waals surface area contributed by atoms with E-state index in [2.05, 4.69) is 5.32 Å². The third-order valence-corrected chi connectivity index (χ3v) is 9.27. The Balaban J connectivity index is 1.35. The van der Waals surface area contributed by atoms with Crippen LogP contribution in [0.5, 0.6) is 0 Å². The van der Waals surface area contributed by atoms with Crippen LogP contribution in [0.15, 0.2) is 81.6 Å². The summed E-state index contributed by atoms with van der Waals surface area (Å²) in [4.78, 5) is 31.2. The molecule has 0 atom stereocenters. The van der Waals surface area contributed by atoms with Gasteiger partial charge >= 0.3 is 0 Å². The summed E-state index contributed by atoms with van der Waals surface area (Å²) in [5.41, 5.74) is 3.54. The number of benzene rings is 3. The number of fused-ring (bicyclic) bond motifs is 1. The van der Waals surface area contributed by atoms with Gasteiger partial charge in [-0.25, -0.2) is 13.4 Å². The van der Waals surface area contributed by atoms with E-state index in [0.29, 0.717) is 53.7 Å². The molecule has 3 aromatic carbocycles. The molecule has 5 rings (SSSR count). The average molecular weight is 565 g/mol. The number of hydrogen-bond acceptors (Lipinski definition) is 7. The number of carbonyl (C=O) groups excluding carboxylic acids is 1. The summed E-state index contributed by atoms with van der Waals surface area (Å²) in [6.07, 6.45) is 0. The number of nitrogens with zero attached hydrogens (tertiary/aromatic N) is 3. The fraction of sp³-hybridized carbons (Fsp3) is 0.250. The van der Waals surface area contributed by atoms with E-state index in [-0.39, 0.29) is 22.1 Å². The fourth-order valence-corrected chi connectivity index (χ4v) is 6.66. The van der Waals surface area contributed by atoms with Crippen molar-refractivity contribution in [1.82, 2.24) is 13.9 Å². The Bertz CT molecular complexity index is 1700. The maximum atomic E-state index is 13.5. The smallest absolute Gasteiger partial charge is 0.266 e. The second-order valence-electron chi connectivity index (χ2n) is 9.22. The van der Waals surface area contributed by atoms with Crippen LogP contribution in [0.2, 0.25) is 0 Å². The summed E-state index contributed by atoms with van der Waals surface area (Å²) >= 11 is 1.16. The number of para-hydroxylation sites is 1. The van der Waals surface area contributed by atoms with Gasteiger partial charge in [-0.3, -0.25) is 14.2 Å². The zero-order valence-electron chi connectivity index (χ0n) is 21.6. The number of morpholine rings is 1. The molecule has 39 heavy (non-hydrogen) atoms. The Morgan fingerprint density at radius 3 is 2.46 bits per heavy atom. The molecule has 11 heteroatoms. The predicted octanol–water partition coefficient (Wildman–Crippen LogP) is 3.75.